The zero-order valence-electron chi connectivity index (χ0n) is 11.7. The summed E-state index contributed by atoms with van der Waals surface area (Å²) in [5.74, 6) is -1.20. The second kappa shape index (κ2) is 6.60. The van der Waals surface area contributed by atoms with Crippen molar-refractivity contribution in [3.63, 3.8) is 0 Å². The lowest BCUT2D eigenvalue weighted by molar-refractivity contribution is -0.140. The molecular formula is C13H19NO5S. The van der Waals surface area contributed by atoms with Crippen LogP contribution in [0.15, 0.2) is 24.3 Å². The van der Waals surface area contributed by atoms with Gasteiger partial charge in [-0.15, -0.1) is 0 Å². The summed E-state index contributed by atoms with van der Waals surface area (Å²) in [5, 5.41) is 8.92. The standard InChI is InChI=1S/C13H19NO5S/c1-4-19-12-7-5-11(6-8-12)14(20(3,17)18)9-10(2)13(15)16/h5-8,10H,4,9H2,1-3H3,(H,15,16). The average molecular weight is 301 g/mol. The number of sulfonamides is 1. The van der Waals surface area contributed by atoms with E-state index in [1.54, 1.807) is 24.3 Å². The van der Waals surface area contributed by atoms with Crippen molar-refractivity contribution in [3.8, 4) is 5.75 Å². The first-order chi connectivity index (χ1) is 9.25. The number of benzene rings is 1. The van der Waals surface area contributed by atoms with Crippen molar-refractivity contribution in [2.24, 2.45) is 5.92 Å². The Morgan fingerprint density at radius 3 is 2.30 bits per heavy atom. The van der Waals surface area contributed by atoms with Gasteiger partial charge < -0.3 is 9.84 Å². The van der Waals surface area contributed by atoms with Gasteiger partial charge >= 0.3 is 5.97 Å². The van der Waals surface area contributed by atoms with Crippen molar-refractivity contribution >= 4 is 21.7 Å². The van der Waals surface area contributed by atoms with E-state index in [9.17, 15) is 13.2 Å². The first kappa shape index (κ1) is 16.3. The zero-order chi connectivity index (χ0) is 15.3. The lowest BCUT2D eigenvalue weighted by atomic mass is 10.2. The van der Waals surface area contributed by atoms with E-state index < -0.39 is 21.9 Å². The first-order valence-electron chi connectivity index (χ1n) is 6.19. The fourth-order valence-corrected chi connectivity index (χ4v) is 2.63. The SMILES string of the molecule is CCOc1ccc(N(CC(C)C(=O)O)S(C)(=O)=O)cc1. The summed E-state index contributed by atoms with van der Waals surface area (Å²) in [7, 11) is -3.54. The third kappa shape index (κ3) is 4.41. The van der Waals surface area contributed by atoms with E-state index in [2.05, 4.69) is 0 Å². The van der Waals surface area contributed by atoms with E-state index in [1.807, 2.05) is 6.92 Å². The molecule has 0 aliphatic carbocycles. The lowest BCUT2D eigenvalue weighted by Gasteiger charge is -2.24. The lowest BCUT2D eigenvalue weighted by Crippen LogP contribution is -2.36. The number of aliphatic carboxylic acids is 1. The Labute approximate surface area is 119 Å². The van der Waals surface area contributed by atoms with Crippen LogP contribution in [0.25, 0.3) is 0 Å². The van der Waals surface area contributed by atoms with Crippen molar-refractivity contribution in [2.75, 3.05) is 23.7 Å². The summed E-state index contributed by atoms with van der Waals surface area (Å²) >= 11 is 0. The van der Waals surface area contributed by atoms with Crippen LogP contribution in [0, 0.1) is 5.92 Å². The minimum absolute atomic E-state index is 0.109. The van der Waals surface area contributed by atoms with Gasteiger partial charge in [-0.2, -0.15) is 0 Å². The summed E-state index contributed by atoms with van der Waals surface area (Å²) in [6.07, 6.45) is 1.05. The Kier molecular flexibility index (Phi) is 5.38. The van der Waals surface area contributed by atoms with Crippen LogP contribution in [-0.4, -0.2) is 38.9 Å². The Balaban J connectivity index is 3.02. The highest BCUT2D eigenvalue weighted by atomic mass is 32.2. The highest BCUT2D eigenvalue weighted by molar-refractivity contribution is 7.92. The minimum Gasteiger partial charge on any atom is -0.494 e. The van der Waals surface area contributed by atoms with Gasteiger partial charge in [0.05, 0.1) is 24.5 Å². The van der Waals surface area contributed by atoms with Crippen LogP contribution in [0.3, 0.4) is 0 Å². The number of hydrogen-bond acceptors (Lipinski definition) is 4. The molecule has 0 radical (unpaired) electrons. The van der Waals surface area contributed by atoms with E-state index in [-0.39, 0.29) is 6.54 Å². The third-order valence-electron chi connectivity index (χ3n) is 2.70. The van der Waals surface area contributed by atoms with Gasteiger partial charge in [-0.1, -0.05) is 6.92 Å². The molecule has 0 amide bonds. The molecule has 1 unspecified atom stereocenters. The topological polar surface area (TPSA) is 83.9 Å². The van der Waals surface area contributed by atoms with E-state index in [1.165, 1.54) is 6.92 Å². The molecular weight excluding hydrogens is 282 g/mol. The molecule has 1 aromatic rings. The molecule has 0 saturated carbocycles. The third-order valence-corrected chi connectivity index (χ3v) is 3.86. The van der Waals surface area contributed by atoms with Gasteiger partial charge in [0.2, 0.25) is 10.0 Å². The number of nitrogens with zero attached hydrogens (tertiary/aromatic N) is 1. The number of carboxylic acids is 1. The number of carbonyl (C=O) groups is 1. The molecule has 20 heavy (non-hydrogen) atoms. The molecule has 0 saturated heterocycles. The van der Waals surface area contributed by atoms with Gasteiger partial charge in [-0.3, -0.25) is 9.10 Å². The van der Waals surface area contributed by atoms with Crippen molar-refractivity contribution in [1.29, 1.82) is 0 Å². The van der Waals surface area contributed by atoms with Crippen LogP contribution in [0.4, 0.5) is 5.69 Å². The summed E-state index contributed by atoms with van der Waals surface area (Å²) in [5.41, 5.74) is 0.420. The fourth-order valence-electron chi connectivity index (χ4n) is 1.63. The monoisotopic (exact) mass is 301 g/mol. The summed E-state index contributed by atoms with van der Waals surface area (Å²) in [6, 6.07) is 6.51. The molecule has 0 aliphatic heterocycles. The molecule has 7 heteroatoms. The average Bonchev–Trinajstić information content (AvgIpc) is 2.35. The van der Waals surface area contributed by atoms with E-state index in [0.717, 1.165) is 10.6 Å². The number of rotatable bonds is 7. The van der Waals surface area contributed by atoms with Crippen LogP contribution in [0.5, 0.6) is 5.75 Å². The predicted molar refractivity (Wildman–Crippen MR) is 76.6 cm³/mol. The first-order valence-corrected chi connectivity index (χ1v) is 8.04. The van der Waals surface area contributed by atoms with E-state index >= 15 is 0 Å². The van der Waals surface area contributed by atoms with Crippen LogP contribution in [0.2, 0.25) is 0 Å². The Hall–Kier alpha value is -1.76. The van der Waals surface area contributed by atoms with Crippen LogP contribution in [-0.2, 0) is 14.8 Å². The highest BCUT2D eigenvalue weighted by Crippen LogP contribution is 2.22. The number of anilines is 1. The molecule has 0 aromatic heterocycles. The number of carboxylic acid groups (broad SMARTS) is 1. The molecule has 0 spiro atoms. The van der Waals surface area contributed by atoms with Gasteiger partial charge in [-0.25, -0.2) is 8.42 Å². The number of ether oxygens (including phenoxy) is 1. The molecule has 112 valence electrons. The maximum absolute atomic E-state index is 11.8. The molecule has 0 aliphatic rings. The Bertz CT molecular complexity index is 553. The molecule has 6 nitrogen and oxygen atoms in total. The Morgan fingerprint density at radius 1 is 1.35 bits per heavy atom. The molecule has 1 atom stereocenters. The highest BCUT2D eigenvalue weighted by Gasteiger charge is 2.23. The normalized spacial score (nSPS) is 12.8. The van der Waals surface area contributed by atoms with Crippen LogP contribution >= 0.6 is 0 Å². The van der Waals surface area contributed by atoms with E-state index in [4.69, 9.17) is 9.84 Å². The van der Waals surface area contributed by atoms with Crippen LogP contribution < -0.4 is 9.04 Å². The largest absolute Gasteiger partial charge is 0.494 e. The van der Waals surface area contributed by atoms with E-state index in [0.29, 0.717) is 18.0 Å². The maximum atomic E-state index is 11.8. The Morgan fingerprint density at radius 2 is 1.90 bits per heavy atom. The summed E-state index contributed by atoms with van der Waals surface area (Å²) in [6.45, 7) is 3.73. The molecule has 0 heterocycles. The van der Waals surface area contributed by atoms with Crippen molar-refractivity contribution in [2.45, 2.75) is 13.8 Å². The van der Waals surface area contributed by atoms with Crippen molar-refractivity contribution < 1.29 is 23.1 Å². The summed E-state index contributed by atoms with van der Waals surface area (Å²) < 4.78 is 30.0. The molecule has 0 bridgehead atoms. The summed E-state index contributed by atoms with van der Waals surface area (Å²) in [4.78, 5) is 10.9. The second-order valence-electron chi connectivity index (χ2n) is 4.46. The van der Waals surface area contributed by atoms with Gasteiger partial charge in [0.1, 0.15) is 5.75 Å². The number of hydrogen-bond donors (Lipinski definition) is 1. The second-order valence-corrected chi connectivity index (χ2v) is 6.37. The minimum atomic E-state index is -3.54. The quantitative estimate of drug-likeness (QED) is 0.826. The van der Waals surface area contributed by atoms with Crippen molar-refractivity contribution in [1.82, 2.24) is 0 Å². The maximum Gasteiger partial charge on any atom is 0.308 e. The van der Waals surface area contributed by atoms with Gasteiger partial charge in [0.15, 0.2) is 0 Å². The molecule has 0 fully saturated rings. The molecule has 1 N–H and O–H groups in total. The molecule has 1 rings (SSSR count). The van der Waals surface area contributed by atoms with Crippen LogP contribution in [0.1, 0.15) is 13.8 Å². The smallest absolute Gasteiger partial charge is 0.308 e. The van der Waals surface area contributed by atoms with Crippen molar-refractivity contribution in [3.05, 3.63) is 24.3 Å². The van der Waals surface area contributed by atoms with Gasteiger partial charge in [0, 0.05) is 6.54 Å². The molecule has 1 aromatic carbocycles. The van der Waals surface area contributed by atoms with Gasteiger partial charge in [0.25, 0.3) is 0 Å². The van der Waals surface area contributed by atoms with Gasteiger partial charge in [-0.05, 0) is 31.2 Å². The fraction of sp³-hybridized carbons (Fsp3) is 0.462. The zero-order valence-corrected chi connectivity index (χ0v) is 12.6. The predicted octanol–water partition coefficient (Wildman–Crippen LogP) is 1.57.